The lowest BCUT2D eigenvalue weighted by Gasteiger charge is -2.36. The molecule has 1 aromatic carbocycles. The molecule has 2 aliphatic heterocycles. The van der Waals surface area contributed by atoms with Crippen molar-refractivity contribution in [2.75, 3.05) is 44.2 Å². The van der Waals surface area contributed by atoms with Gasteiger partial charge >= 0.3 is 0 Å². The molecule has 0 bridgehead atoms. The zero-order chi connectivity index (χ0) is 20.3. The number of rotatable bonds is 5. The molecule has 0 spiro atoms. The first-order valence-electron chi connectivity index (χ1n) is 10.3. The normalized spacial score (nSPS) is 18.4. The van der Waals surface area contributed by atoms with E-state index in [1.807, 2.05) is 30.9 Å². The molecule has 152 valence electrons. The highest BCUT2D eigenvalue weighted by atomic mass is 16.2. The summed E-state index contributed by atoms with van der Waals surface area (Å²) < 4.78 is 0. The van der Waals surface area contributed by atoms with Gasteiger partial charge in [-0.3, -0.25) is 14.4 Å². The number of carbonyl (C=O) groups is 3. The van der Waals surface area contributed by atoms with E-state index in [0.29, 0.717) is 11.1 Å². The smallest absolute Gasteiger partial charge is 0.225 e. The predicted octanol–water partition coefficient (Wildman–Crippen LogP) is 2.38. The number of amides is 1. The van der Waals surface area contributed by atoms with E-state index >= 15 is 0 Å². The van der Waals surface area contributed by atoms with Gasteiger partial charge in [0, 0.05) is 67.9 Å². The molecule has 0 aliphatic carbocycles. The topological polar surface area (TPSA) is 69.7 Å². The van der Waals surface area contributed by atoms with Crippen LogP contribution in [0.1, 0.15) is 54.3 Å². The molecular formula is C22H31N3O3. The molecular weight excluding hydrogens is 354 g/mol. The second-order valence-corrected chi connectivity index (χ2v) is 8.14. The van der Waals surface area contributed by atoms with E-state index in [1.165, 1.54) is 6.92 Å². The first-order chi connectivity index (χ1) is 13.4. The van der Waals surface area contributed by atoms with Crippen LogP contribution in [0.3, 0.4) is 0 Å². The fraction of sp³-hybridized carbons (Fsp3) is 0.591. The molecule has 3 rings (SSSR count). The number of ketones is 2. The molecule has 2 fully saturated rings. The summed E-state index contributed by atoms with van der Waals surface area (Å²) in [7, 11) is 0. The van der Waals surface area contributed by atoms with Crippen molar-refractivity contribution in [3.63, 3.8) is 0 Å². The lowest BCUT2D eigenvalue weighted by molar-refractivity contribution is -0.136. The molecule has 1 N–H and O–H groups in total. The van der Waals surface area contributed by atoms with Crippen molar-refractivity contribution in [3.05, 3.63) is 29.3 Å². The molecule has 0 radical (unpaired) electrons. The molecule has 1 amide bonds. The minimum Gasteiger partial charge on any atom is -0.371 e. The Morgan fingerprint density at radius 3 is 2.21 bits per heavy atom. The van der Waals surface area contributed by atoms with Gasteiger partial charge in [-0.2, -0.15) is 0 Å². The third-order valence-electron chi connectivity index (χ3n) is 5.81. The third kappa shape index (κ3) is 4.43. The summed E-state index contributed by atoms with van der Waals surface area (Å²) in [4.78, 5) is 41.5. The van der Waals surface area contributed by atoms with E-state index in [4.69, 9.17) is 0 Å². The highest BCUT2D eigenvalue weighted by Crippen LogP contribution is 2.27. The van der Waals surface area contributed by atoms with E-state index < -0.39 is 0 Å². The summed E-state index contributed by atoms with van der Waals surface area (Å²) in [5.41, 5.74) is 1.96. The Balaban J connectivity index is 1.68. The Morgan fingerprint density at radius 2 is 1.64 bits per heavy atom. The van der Waals surface area contributed by atoms with Crippen LogP contribution in [0, 0.1) is 11.8 Å². The number of anilines is 1. The summed E-state index contributed by atoms with van der Waals surface area (Å²) in [6, 6.07) is 5.56. The molecule has 2 aliphatic rings. The summed E-state index contributed by atoms with van der Waals surface area (Å²) >= 11 is 0. The van der Waals surface area contributed by atoms with Crippen LogP contribution in [0.4, 0.5) is 5.69 Å². The van der Waals surface area contributed by atoms with Gasteiger partial charge < -0.3 is 15.1 Å². The first kappa shape index (κ1) is 20.5. The molecule has 2 heterocycles. The van der Waals surface area contributed by atoms with E-state index in [-0.39, 0.29) is 29.3 Å². The number of piperidine rings is 1. The summed E-state index contributed by atoms with van der Waals surface area (Å²) in [5, 5.41) is 3.28. The maximum atomic E-state index is 12.7. The molecule has 0 aromatic heterocycles. The maximum absolute atomic E-state index is 12.7. The highest BCUT2D eigenvalue weighted by molar-refractivity contribution is 6.09. The monoisotopic (exact) mass is 385 g/mol. The minimum absolute atomic E-state index is 0.00271. The molecule has 1 aromatic rings. The Morgan fingerprint density at radius 1 is 1.00 bits per heavy atom. The quantitative estimate of drug-likeness (QED) is 0.788. The van der Waals surface area contributed by atoms with Crippen LogP contribution in [0.15, 0.2) is 18.2 Å². The molecule has 0 saturated carbocycles. The van der Waals surface area contributed by atoms with Crippen LogP contribution < -0.4 is 10.2 Å². The van der Waals surface area contributed by atoms with Crippen molar-refractivity contribution in [1.29, 1.82) is 0 Å². The van der Waals surface area contributed by atoms with Crippen molar-refractivity contribution in [1.82, 2.24) is 10.2 Å². The van der Waals surface area contributed by atoms with Crippen LogP contribution in [0.25, 0.3) is 0 Å². The molecule has 0 unspecified atom stereocenters. The van der Waals surface area contributed by atoms with Gasteiger partial charge in [0.15, 0.2) is 11.6 Å². The number of hydrogen-bond donors (Lipinski definition) is 1. The average Bonchev–Trinajstić information content (AvgIpc) is 2.73. The van der Waals surface area contributed by atoms with E-state index in [0.717, 1.165) is 57.8 Å². The molecule has 6 nitrogen and oxygen atoms in total. The van der Waals surface area contributed by atoms with Crippen LogP contribution in [-0.4, -0.2) is 61.6 Å². The highest BCUT2D eigenvalue weighted by Gasteiger charge is 2.29. The van der Waals surface area contributed by atoms with Gasteiger partial charge in [0.25, 0.3) is 0 Å². The van der Waals surface area contributed by atoms with E-state index in [2.05, 4.69) is 10.2 Å². The molecule has 28 heavy (non-hydrogen) atoms. The van der Waals surface area contributed by atoms with E-state index in [1.54, 1.807) is 6.07 Å². The van der Waals surface area contributed by atoms with Crippen molar-refractivity contribution in [2.24, 2.45) is 11.8 Å². The van der Waals surface area contributed by atoms with Gasteiger partial charge in [-0.05, 0) is 38.0 Å². The molecule has 0 atom stereocenters. The number of benzene rings is 1. The Labute approximate surface area is 167 Å². The average molecular weight is 386 g/mol. The van der Waals surface area contributed by atoms with Crippen molar-refractivity contribution in [2.45, 2.75) is 33.6 Å². The molecule has 6 heteroatoms. The van der Waals surface area contributed by atoms with Crippen molar-refractivity contribution < 1.29 is 14.4 Å². The number of Topliss-reactive ketones (excluding diaryl/α,β-unsaturated/α-hetero) is 2. The lowest BCUT2D eigenvalue weighted by Crippen LogP contribution is -2.50. The van der Waals surface area contributed by atoms with Gasteiger partial charge in [-0.15, -0.1) is 0 Å². The third-order valence-corrected chi connectivity index (χ3v) is 5.81. The van der Waals surface area contributed by atoms with Gasteiger partial charge in [0.05, 0.1) is 0 Å². The van der Waals surface area contributed by atoms with E-state index in [9.17, 15) is 14.4 Å². The Hall–Kier alpha value is -2.21. The largest absolute Gasteiger partial charge is 0.371 e. The van der Waals surface area contributed by atoms with Crippen LogP contribution >= 0.6 is 0 Å². The van der Waals surface area contributed by atoms with Gasteiger partial charge in [-0.1, -0.05) is 13.8 Å². The first-order valence-corrected chi connectivity index (χ1v) is 10.3. The number of carbonyl (C=O) groups excluding carboxylic acids is 3. The van der Waals surface area contributed by atoms with Crippen LogP contribution in [0.5, 0.6) is 0 Å². The number of nitrogens with zero attached hydrogens (tertiary/aromatic N) is 2. The Bertz CT molecular complexity index is 745. The fourth-order valence-electron chi connectivity index (χ4n) is 4.07. The van der Waals surface area contributed by atoms with Gasteiger partial charge in [-0.25, -0.2) is 0 Å². The summed E-state index contributed by atoms with van der Waals surface area (Å²) in [6.07, 6.45) is 1.65. The Kier molecular flexibility index (Phi) is 6.50. The zero-order valence-electron chi connectivity index (χ0n) is 17.2. The standard InChI is InChI=1S/C22H31N3O3/c1-15(2)21(27)19-5-4-18(14-20(19)16(3)26)24-10-6-17(7-11-24)22(28)25-12-8-23-9-13-25/h4-5,14-15,17,23H,6-13H2,1-3H3. The summed E-state index contributed by atoms with van der Waals surface area (Å²) in [6.45, 7) is 10.1. The summed E-state index contributed by atoms with van der Waals surface area (Å²) in [5.74, 6) is 0.134. The predicted molar refractivity (Wildman–Crippen MR) is 110 cm³/mol. The zero-order valence-corrected chi connectivity index (χ0v) is 17.2. The number of nitrogens with one attached hydrogen (secondary N) is 1. The minimum atomic E-state index is -0.143. The van der Waals surface area contributed by atoms with Crippen LogP contribution in [-0.2, 0) is 4.79 Å². The molecule has 2 saturated heterocycles. The van der Waals surface area contributed by atoms with Gasteiger partial charge in [0.1, 0.15) is 0 Å². The second-order valence-electron chi connectivity index (χ2n) is 8.14. The fourth-order valence-corrected chi connectivity index (χ4v) is 4.07. The van der Waals surface area contributed by atoms with Crippen LogP contribution in [0.2, 0.25) is 0 Å². The van der Waals surface area contributed by atoms with Crippen molar-refractivity contribution >= 4 is 23.2 Å². The second kappa shape index (κ2) is 8.86. The van der Waals surface area contributed by atoms with Gasteiger partial charge in [0.2, 0.25) is 5.91 Å². The SMILES string of the molecule is CC(=O)c1cc(N2CCC(C(=O)N3CCNCC3)CC2)ccc1C(=O)C(C)C. The lowest BCUT2D eigenvalue weighted by atomic mass is 9.92. The number of piperazine rings is 1. The maximum Gasteiger partial charge on any atom is 0.225 e. The number of hydrogen-bond acceptors (Lipinski definition) is 5. The van der Waals surface area contributed by atoms with Crippen molar-refractivity contribution in [3.8, 4) is 0 Å².